The van der Waals surface area contributed by atoms with Crippen molar-refractivity contribution in [3.05, 3.63) is 70.2 Å². The largest absolute Gasteiger partial charge is 0.294 e. The van der Waals surface area contributed by atoms with E-state index in [2.05, 4.69) is 0 Å². The minimum Gasteiger partial charge on any atom is -0.294 e. The van der Waals surface area contributed by atoms with E-state index in [-0.39, 0.29) is 12.2 Å². The van der Waals surface area contributed by atoms with E-state index in [1.165, 1.54) is 0 Å². The molecule has 1 amide bonds. The van der Waals surface area contributed by atoms with Gasteiger partial charge in [-0.1, -0.05) is 29.8 Å². The van der Waals surface area contributed by atoms with Gasteiger partial charge in [-0.2, -0.15) is 4.53 Å². The molecular weight excluding hydrogens is 395 g/mol. The van der Waals surface area contributed by atoms with Crippen LogP contribution in [0, 0.1) is 6.92 Å². The molecule has 0 N–H and O–H groups in total. The molecule has 0 bridgehead atoms. The first-order valence-corrected chi connectivity index (χ1v) is 8.99. The van der Waals surface area contributed by atoms with Crippen LogP contribution in [0.2, 0.25) is 5.02 Å². The summed E-state index contributed by atoms with van der Waals surface area (Å²) in [4.78, 5) is 25.1. The Morgan fingerprint density at radius 3 is 2.15 bits per heavy atom. The first-order chi connectivity index (χ1) is 12.1. The van der Waals surface area contributed by atoms with Crippen molar-refractivity contribution in [2.75, 3.05) is 0 Å². The van der Waals surface area contributed by atoms with E-state index in [1.807, 2.05) is 19.1 Å². The zero-order valence-electron chi connectivity index (χ0n) is 14.7. The topological polar surface area (TPSA) is 40.6 Å². The lowest BCUT2D eigenvalue weighted by Gasteiger charge is -2.36. The average Bonchev–Trinajstić information content (AvgIpc) is 2.60. The Morgan fingerprint density at radius 1 is 1.00 bits per heavy atom. The third kappa shape index (κ3) is 4.77. The summed E-state index contributed by atoms with van der Waals surface area (Å²) >= 11 is 18.3. The fourth-order valence-electron chi connectivity index (χ4n) is 2.43. The number of halogens is 3. The van der Waals surface area contributed by atoms with Gasteiger partial charge in [0.25, 0.3) is 5.91 Å². The molecule has 26 heavy (non-hydrogen) atoms. The van der Waals surface area contributed by atoms with Gasteiger partial charge in [-0.15, -0.1) is 4.53 Å². The van der Waals surface area contributed by atoms with E-state index in [0.29, 0.717) is 16.1 Å². The number of Topliss-reactive ketones (excluding diaryl/α,β-unsaturated/α-hetero) is 1. The molecule has 0 aromatic heterocycles. The Balaban J connectivity index is 2.14. The molecule has 0 heterocycles. The van der Waals surface area contributed by atoms with Crippen molar-refractivity contribution in [1.29, 1.82) is 0 Å². The molecule has 0 unspecified atom stereocenters. The monoisotopic (exact) mass is 412 g/mol. The maximum absolute atomic E-state index is 12.6. The first kappa shape index (κ1) is 20.7. The Hall–Kier alpha value is -1.59. The number of carbonyl (C=O) groups excluding carboxylic acids is 2. The van der Waals surface area contributed by atoms with Crippen molar-refractivity contribution in [3.63, 3.8) is 0 Å². The molecule has 4 nitrogen and oxygen atoms in total. The number of hydrogen-bond donors (Lipinski definition) is 0. The van der Waals surface area contributed by atoms with Crippen LogP contribution < -0.4 is 0 Å². The number of benzene rings is 2. The van der Waals surface area contributed by atoms with Gasteiger partial charge in [-0.3, -0.25) is 9.59 Å². The second-order valence-corrected chi connectivity index (χ2v) is 7.64. The summed E-state index contributed by atoms with van der Waals surface area (Å²) in [7, 11) is 0. The molecule has 0 aliphatic carbocycles. The highest BCUT2D eigenvalue weighted by Crippen LogP contribution is 2.28. The molecule has 0 saturated carbocycles. The number of hydrogen-bond acceptors (Lipinski definition) is 3. The molecule has 0 spiro atoms. The van der Waals surface area contributed by atoms with Crippen LogP contribution in [0.4, 0.5) is 0 Å². The zero-order valence-corrected chi connectivity index (χ0v) is 16.9. The summed E-state index contributed by atoms with van der Waals surface area (Å²) in [6, 6.07) is 13.7. The number of nitrogens with zero attached hydrogens (tertiary/aromatic N) is 2. The van der Waals surface area contributed by atoms with Gasteiger partial charge in [0.05, 0.1) is 5.54 Å². The van der Waals surface area contributed by atoms with Gasteiger partial charge in [0.15, 0.2) is 5.78 Å². The Kier molecular flexibility index (Phi) is 6.69. The zero-order chi connectivity index (χ0) is 19.5. The predicted octanol–water partition coefficient (Wildman–Crippen LogP) is 5.67. The predicted molar refractivity (Wildman–Crippen MR) is 105 cm³/mol. The summed E-state index contributed by atoms with van der Waals surface area (Å²) in [5.74, 6) is -0.600. The molecule has 2 rings (SSSR count). The third-order valence-corrected chi connectivity index (χ3v) is 5.20. The minimum atomic E-state index is -0.904. The summed E-state index contributed by atoms with van der Waals surface area (Å²) < 4.78 is 1.86. The lowest BCUT2D eigenvalue weighted by Crippen LogP contribution is -2.48. The molecule has 2 aromatic carbocycles. The Morgan fingerprint density at radius 2 is 1.58 bits per heavy atom. The average molecular weight is 414 g/mol. The van der Waals surface area contributed by atoms with Crippen molar-refractivity contribution >= 4 is 46.8 Å². The fourth-order valence-corrected chi connectivity index (χ4v) is 2.98. The highest BCUT2D eigenvalue weighted by atomic mass is 35.5. The summed E-state index contributed by atoms with van der Waals surface area (Å²) in [5.41, 5.74) is 0.827. The van der Waals surface area contributed by atoms with Crippen LogP contribution in [0.3, 0.4) is 0 Å². The van der Waals surface area contributed by atoms with Gasteiger partial charge in [0, 0.05) is 46.1 Å². The lowest BCUT2D eigenvalue weighted by atomic mass is 9.95. The van der Waals surface area contributed by atoms with Crippen LogP contribution >= 0.6 is 35.2 Å². The molecule has 2 aromatic rings. The van der Waals surface area contributed by atoms with E-state index in [0.717, 1.165) is 14.6 Å². The van der Waals surface area contributed by atoms with E-state index in [1.54, 1.807) is 50.2 Å². The van der Waals surface area contributed by atoms with Crippen molar-refractivity contribution in [3.8, 4) is 0 Å². The number of ketones is 1. The number of amides is 1. The van der Waals surface area contributed by atoms with Crippen LogP contribution in [0.25, 0.3) is 0 Å². The maximum atomic E-state index is 12.6. The van der Waals surface area contributed by atoms with Crippen molar-refractivity contribution in [2.24, 2.45) is 0 Å². The second-order valence-electron chi connectivity index (χ2n) is 6.56. The SMILES string of the molecule is Cc1ccccc1C(=O)N(Cl)N(Cl)C(C)(C)CC(=O)c1ccc(Cl)cc1. The Labute approximate surface area is 168 Å². The van der Waals surface area contributed by atoms with Crippen LogP contribution in [-0.4, -0.2) is 26.3 Å². The van der Waals surface area contributed by atoms with E-state index >= 15 is 0 Å². The van der Waals surface area contributed by atoms with Crippen LogP contribution in [0.5, 0.6) is 0 Å². The number of rotatable bonds is 6. The standard InChI is InChI=1S/C19H19Cl3N2O2/c1-13-6-4-5-7-16(13)18(26)23(21)24(22)19(2,3)12-17(25)14-8-10-15(20)11-9-14/h4-11H,12H2,1-3H3. The van der Waals surface area contributed by atoms with Crippen molar-refractivity contribution in [1.82, 2.24) is 9.06 Å². The molecular formula is C19H19Cl3N2O2. The van der Waals surface area contributed by atoms with Crippen molar-refractivity contribution in [2.45, 2.75) is 32.7 Å². The van der Waals surface area contributed by atoms with Gasteiger partial charge in [0.2, 0.25) is 0 Å². The van der Waals surface area contributed by atoms with E-state index in [9.17, 15) is 9.59 Å². The van der Waals surface area contributed by atoms with Crippen LogP contribution in [-0.2, 0) is 0 Å². The lowest BCUT2D eigenvalue weighted by molar-refractivity contribution is 0.0373. The smallest absolute Gasteiger partial charge is 0.284 e. The molecule has 7 heteroatoms. The fraction of sp³-hybridized carbons (Fsp3) is 0.263. The second kappa shape index (κ2) is 8.40. The molecule has 0 aliphatic heterocycles. The van der Waals surface area contributed by atoms with Crippen LogP contribution in [0.1, 0.15) is 46.5 Å². The van der Waals surface area contributed by atoms with Gasteiger partial charge in [-0.25, -0.2) is 0 Å². The maximum Gasteiger partial charge on any atom is 0.284 e. The highest BCUT2D eigenvalue weighted by Gasteiger charge is 2.35. The summed E-state index contributed by atoms with van der Waals surface area (Å²) in [6.07, 6.45) is 0.0579. The summed E-state index contributed by atoms with van der Waals surface area (Å²) in [6.45, 7) is 5.27. The first-order valence-electron chi connectivity index (χ1n) is 7.94. The van der Waals surface area contributed by atoms with Gasteiger partial charge >= 0.3 is 0 Å². The number of carbonyl (C=O) groups is 2. The molecule has 0 fully saturated rings. The quantitative estimate of drug-likeness (QED) is 0.348. The number of aryl methyl sites for hydroxylation is 1. The molecule has 0 atom stereocenters. The normalized spacial score (nSPS) is 11.5. The molecule has 138 valence electrons. The molecule has 0 aliphatic rings. The minimum absolute atomic E-state index is 0.0579. The Bertz CT molecular complexity index is 807. The van der Waals surface area contributed by atoms with Crippen LogP contribution in [0.15, 0.2) is 48.5 Å². The number of hydrazine groups is 1. The van der Waals surface area contributed by atoms with E-state index in [4.69, 9.17) is 35.2 Å². The van der Waals surface area contributed by atoms with Gasteiger partial charge < -0.3 is 0 Å². The van der Waals surface area contributed by atoms with Gasteiger partial charge in [-0.05, 0) is 56.7 Å². The van der Waals surface area contributed by atoms with Gasteiger partial charge in [0.1, 0.15) is 0 Å². The highest BCUT2D eigenvalue weighted by molar-refractivity contribution is 6.30. The summed E-state index contributed by atoms with van der Waals surface area (Å²) in [5, 5.41) is 0.551. The third-order valence-electron chi connectivity index (χ3n) is 3.96. The molecule has 0 saturated heterocycles. The van der Waals surface area contributed by atoms with E-state index < -0.39 is 11.4 Å². The molecule has 0 radical (unpaired) electrons. The van der Waals surface area contributed by atoms with Crippen molar-refractivity contribution < 1.29 is 9.59 Å².